The molecule has 1 unspecified atom stereocenters. The van der Waals surface area contributed by atoms with Crippen LogP contribution in [0.4, 0.5) is 0 Å². The first-order valence-corrected chi connectivity index (χ1v) is 7.64. The minimum absolute atomic E-state index is 0.127. The molecule has 5 heteroatoms. The minimum atomic E-state index is 0.127. The Morgan fingerprint density at radius 3 is 2.67 bits per heavy atom. The molecule has 0 N–H and O–H groups in total. The molecule has 1 rings (SSSR count). The topological polar surface area (TPSA) is 38.1 Å². The SMILES string of the molecule is CCC(CSC)N(C)C(=O)Cn1nc(C)cc1C. The predicted octanol–water partition coefficient (Wildman–Crippen LogP) is 2.10. The van der Waals surface area contributed by atoms with E-state index in [1.54, 1.807) is 16.4 Å². The van der Waals surface area contributed by atoms with Gasteiger partial charge in [0.25, 0.3) is 0 Å². The number of hydrogen-bond acceptors (Lipinski definition) is 3. The smallest absolute Gasteiger partial charge is 0.244 e. The third-order valence-electron chi connectivity index (χ3n) is 3.16. The number of amides is 1. The monoisotopic (exact) mass is 269 g/mol. The third-order valence-corrected chi connectivity index (χ3v) is 3.88. The van der Waals surface area contributed by atoms with Crippen molar-refractivity contribution in [2.75, 3.05) is 19.1 Å². The normalized spacial score (nSPS) is 12.5. The number of thioether (sulfide) groups is 1. The fourth-order valence-electron chi connectivity index (χ4n) is 1.97. The lowest BCUT2D eigenvalue weighted by atomic mass is 10.2. The highest BCUT2D eigenvalue weighted by molar-refractivity contribution is 7.98. The van der Waals surface area contributed by atoms with Crippen molar-refractivity contribution in [3.8, 4) is 0 Å². The van der Waals surface area contributed by atoms with Gasteiger partial charge >= 0.3 is 0 Å². The fourth-order valence-corrected chi connectivity index (χ4v) is 2.82. The van der Waals surface area contributed by atoms with Crippen LogP contribution >= 0.6 is 11.8 Å². The van der Waals surface area contributed by atoms with Gasteiger partial charge in [-0.25, -0.2) is 0 Å². The van der Waals surface area contributed by atoms with E-state index in [2.05, 4.69) is 18.3 Å². The van der Waals surface area contributed by atoms with Crippen LogP contribution in [-0.2, 0) is 11.3 Å². The summed E-state index contributed by atoms with van der Waals surface area (Å²) in [7, 11) is 1.89. The summed E-state index contributed by atoms with van der Waals surface area (Å²) in [5, 5.41) is 4.33. The van der Waals surface area contributed by atoms with Crippen LogP contribution < -0.4 is 0 Å². The number of carbonyl (C=O) groups excluding carboxylic acids is 1. The molecule has 0 aromatic carbocycles. The summed E-state index contributed by atoms with van der Waals surface area (Å²) in [6.07, 6.45) is 3.06. The Morgan fingerprint density at radius 1 is 1.56 bits per heavy atom. The van der Waals surface area contributed by atoms with Crippen molar-refractivity contribution in [2.24, 2.45) is 0 Å². The van der Waals surface area contributed by atoms with Gasteiger partial charge in [-0.15, -0.1) is 0 Å². The highest BCUT2D eigenvalue weighted by Gasteiger charge is 2.18. The zero-order chi connectivity index (χ0) is 13.7. The van der Waals surface area contributed by atoms with E-state index >= 15 is 0 Å². The summed E-state index contributed by atoms with van der Waals surface area (Å²) in [4.78, 5) is 14.1. The average molecular weight is 269 g/mol. The maximum absolute atomic E-state index is 12.2. The van der Waals surface area contributed by atoms with E-state index < -0.39 is 0 Å². The van der Waals surface area contributed by atoms with Crippen molar-refractivity contribution in [1.82, 2.24) is 14.7 Å². The molecule has 102 valence electrons. The van der Waals surface area contributed by atoms with Gasteiger partial charge in [0, 0.05) is 24.5 Å². The minimum Gasteiger partial charge on any atom is -0.340 e. The number of aromatic nitrogens is 2. The largest absolute Gasteiger partial charge is 0.340 e. The number of aryl methyl sites for hydroxylation is 2. The molecule has 1 aromatic heterocycles. The molecule has 0 spiro atoms. The molecule has 0 aliphatic carbocycles. The van der Waals surface area contributed by atoms with Crippen LogP contribution in [0.25, 0.3) is 0 Å². The van der Waals surface area contributed by atoms with Crippen molar-refractivity contribution in [1.29, 1.82) is 0 Å². The Labute approximate surface area is 114 Å². The van der Waals surface area contributed by atoms with Gasteiger partial charge in [0.05, 0.1) is 5.69 Å². The molecule has 0 saturated heterocycles. The van der Waals surface area contributed by atoms with Crippen LogP contribution in [0.5, 0.6) is 0 Å². The van der Waals surface area contributed by atoms with Crippen LogP contribution in [0, 0.1) is 13.8 Å². The van der Waals surface area contributed by atoms with E-state index in [0.717, 1.165) is 23.6 Å². The van der Waals surface area contributed by atoms with Crippen molar-refractivity contribution in [3.63, 3.8) is 0 Å². The summed E-state index contributed by atoms with van der Waals surface area (Å²) in [5.41, 5.74) is 1.99. The van der Waals surface area contributed by atoms with Crippen LogP contribution in [0.15, 0.2) is 6.07 Å². The standard InChI is InChI=1S/C13H23N3OS/c1-6-12(9-18-5)15(4)13(17)8-16-11(3)7-10(2)14-16/h7,12H,6,8-9H2,1-5H3. The lowest BCUT2D eigenvalue weighted by Crippen LogP contribution is -2.40. The van der Waals surface area contributed by atoms with Crippen molar-refractivity contribution in [3.05, 3.63) is 17.5 Å². The maximum Gasteiger partial charge on any atom is 0.244 e. The second-order valence-electron chi connectivity index (χ2n) is 4.61. The first kappa shape index (κ1) is 15.1. The summed E-state index contributed by atoms with van der Waals surface area (Å²) in [6, 6.07) is 2.30. The lowest BCUT2D eigenvalue weighted by Gasteiger charge is -2.27. The highest BCUT2D eigenvalue weighted by atomic mass is 32.2. The van der Waals surface area contributed by atoms with Crippen LogP contribution in [-0.4, -0.2) is 45.7 Å². The van der Waals surface area contributed by atoms with E-state index in [-0.39, 0.29) is 5.91 Å². The number of nitrogens with zero attached hydrogens (tertiary/aromatic N) is 3. The van der Waals surface area contributed by atoms with E-state index in [0.29, 0.717) is 12.6 Å². The molecule has 0 radical (unpaired) electrons. The molecule has 1 atom stereocenters. The molecule has 1 heterocycles. The second-order valence-corrected chi connectivity index (χ2v) is 5.52. The van der Waals surface area contributed by atoms with Gasteiger partial charge in [-0.1, -0.05) is 6.92 Å². The summed E-state index contributed by atoms with van der Waals surface area (Å²) in [5.74, 6) is 1.11. The van der Waals surface area contributed by atoms with Crippen molar-refractivity contribution >= 4 is 17.7 Å². The van der Waals surface area contributed by atoms with E-state index in [9.17, 15) is 4.79 Å². The Balaban J connectivity index is 2.67. The first-order valence-electron chi connectivity index (χ1n) is 6.25. The quantitative estimate of drug-likeness (QED) is 0.794. The molecule has 1 aromatic rings. The molecular weight excluding hydrogens is 246 g/mol. The van der Waals surface area contributed by atoms with Crippen molar-refractivity contribution < 1.29 is 4.79 Å². The van der Waals surface area contributed by atoms with Crippen LogP contribution in [0.3, 0.4) is 0 Å². The van der Waals surface area contributed by atoms with Crippen LogP contribution in [0.1, 0.15) is 24.7 Å². The van der Waals surface area contributed by atoms with Crippen LogP contribution in [0.2, 0.25) is 0 Å². The molecule has 0 aliphatic rings. The lowest BCUT2D eigenvalue weighted by molar-refractivity contribution is -0.132. The molecule has 4 nitrogen and oxygen atoms in total. The molecule has 1 amide bonds. The zero-order valence-electron chi connectivity index (χ0n) is 11.9. The van der Waals surface area contributed by atoms with E-state index in [1.807, 2.05) is 31.9 Å². The number of hydrogen-bond donors (Lipinski definition) is 0. The highest BCUT2D eigenvalue weighted by Crippen LogP contribution is 2.10. The third kappa shape index (κ3) is 3.77. The van der Waals surface area contributed by atoms with Gasteiger partial charge in [0.15, 0.2) is 0 Å². The van der Waals surface area contributed by atoms with Crippen molar-refractivity contribution in [2.45, 2.75) is 39.8 Å². The predicted molar refractivity (Wildman–Crippen MR) is 76.9 cm³/mol. The van der Waals surface area contributed by atoms with Gasteiger partial charge in [0.2, 0.25) is 5.91 Å². The molecule has 18 heavy (non-hydrogen) atoms. The average Bonchev–Trinajstić information content (AvgIpc) is 2.63. The molecule has 0 fully saturated rings. The van der Waals surface area contributed by atoms with Gasteiger partial charge in [-0.2, -0.15) is 16.9 Å². The Bertz CT molecular complexity index is 403. The Hall–Kier alpha value is -0.970. The van der Waals surface area contributed by atoms with E-state index in [4.69, 9.17) is 0 Å². The molecule has 0 aliphatic heterocycles. The van der Waals surface area contributed by atoms with Gasteiger partial charge in [-0.05, 0) is 32.6 Å². The van der Waals surface area contributed by atoms with Gasteiger partial charge in [-0.3, -0.25) is 9.48 Å². The molecule has 0 bridgehead atoms. The maximum atomic E-state index is 12.2. The molecular formula is C13H23N3OS. The first-order chi connectivity index (χ1) is 8.49. The molecule has 0 saturated carbocycles. The number of rotatable bonds is 6. The Kier molecular flexibility index (Phi) is 5.72. The number of likely N-dealkylation sites (N-methyl/N-ethyl adjacent to an activating group) is 1. The second kappa shape index (κ2) is 6.83. The number of carbonyl (C=O) groups is 1. The summed E-state index contributed by atoms with van der Waals surface area (Å²) >= 11 is 1.78. The zero-order valence-corrected chi connectivity index (χ0v) is 12.8. The van der Waals surface area contributed by atoms with Gasteiger partial charge < -0.3 is 4.90 Å². The van der Waals surface area contributed by atoms with E-state index in [1.165, 1.54) is 0 Å². The Morgan fingerprint density at radius 2 is 2.22 bits per heavy atom. The fraction of sp³-hybridized carbons (Fsp3) is 0.692. The van der Waals surface area contributed by atoms with Gasteiger partial charge in [0.1, 0.15) is 6.54 Å². The summed E-state index contributed by atoms with van der Waals surface area (Å²) < 4.78 is 1.78. The summed E-state index contributed by atoms with van der Waals surface area (Å²) in [6.45, 7) is 6.38.